The average molecular weight is 348 g/mol. The van der Waals surface area contributed by atoms with Gasteiger partial charge in [-0.25, -0.2) is 0 Å². The van der Waals surface area contributed by atoms with E-state index in [4.69, 9.17) is 5.11 Å². The average Bonchev–Trinajstić information content (AvgIpc) is 2.89. The molecule has 1 rings (SSSR count). The number of carbonyl (C=O) groups is 2. The zero-order chi connectivity index (χ0) is 18.7. The summed E-state index contributed by atoms with van der Waals surface area (Å²) in [5, 5.41) is 19.0. The number of unbranched alkanes of at least 4 members (excludes halogenated alkanes) is 2. The van der Waals surface area contributed by atoms with Crippen LogP contribution in [-0.2, 0) is 9.59 Å². The Hall–Kier alpha value is -1.64. The van der Waals surface area contributed by atoms with Gasteiger partial charge in [-0.2, -0.15) is 0 Å². The third kappa shape index (κ3) is 8.85. The lowest BCUT2D eigenvalue weighted by Gasteiger charge is -2.24. The zero-order valence-corrected chi connectivity index (χ0v) is 15.6. The standard InChI is InChI=1S/C21H32O4/c1-3-4-9-15-21(2,25)16-14-17-12-13-19(22)18(17)10-7-5-6-8-11-20(23)24/h5,8,12,18,25H,3-4,7,9-11,13-16H2,1-2H3,(H,23,24)/t6?,18-,21?/m1/s1. The minimum absolute atomic E-state index is 0.0306. The van der Waals surface area contributed by atoms with Crippen molar-refractivity contribution < 1.29 is 19.8 Å². The molecule has 0 heterocycles. The fraction of sp³-hybridized carbons (Fsp3) is 0.667. The quantitative estimate of drug-likeness (QED) is 0.307. The molecule has 25 heavy (non-hydrogen) atoms. The van der Waals surface area contributed by atoms with Crippen LogP contribution in [0.1, 0.15) is 78.1 Å². The van der Waals surface area contributed by atoms with Gasteiger partial charge < -0.3 is 10.2 Å². The summed E-state index contributed by atoms with van der Waals surface area (Å²) in [6, 6.07) is 0. The number of allylic oxidation sites excluding steroid dienone is 2. The molecule has 1 aliphatic carbocycles. The second-order valence-electron chi connectivity index (χ2n) is 7.21. The number of ketones is 1. The highest BCUT2D eigenvalue weighted by Crippen LogP contribution is 2.33. The van der Waals surface area contributed by atoms with Crippen molar-refractivity contribution in [1.82, 2.24) is 0 Å². The molecule has 0 saturated carbocycles. The number of hydrogen-bond acceptors (Lipinski definition) is 3. The van der Waals surface area contributed by atoms with E-state index in [0.717, 1.165) is 44.1 Å². The maximum Gasteiger partial charge on any atom is 0.307 e. The monoisotopic (exact) mass is 348 g/mol. The molecule has 1 unspecified atom stereocenters. The van der Waals surface area contributed by atoms with Gasteiger partial charge in [-0.3, -0.25) is 9.59 Å². The second kappa shape index (κ2) is 11.1. The number of carbonyl (C=O) groups excluding carboxylic acids is 1. The number of carboxylic acids is 1. The Morgan fingerprint density at radius 2 is 2.12 bits per heavy atom. The fourth-order valence-electron chi connectivity index (χ4n) is 3.20. The van der Waals surface area contributed by atoms with Crippen molar-refractivity contribution in [3.05, 3.63) is 29.5 Å². The molecule has 0 radical (unpaired) electrons. The van der Waals surface area contributed by atoms with Gasteiger partial charge >= 0.3 is 5.97 Å². The van der Waals surface area contributed by atoms with Crippen LogP contribution < -0.4 is 0 Å². The van der Waals surface area contributed by atoms with E-state index >= 15 is 0 Å². The Morgan fingerprint density at radius 3 is 2.80 bits per heavy atom. The molecule has 0 aliphatic heterocycles. The topological polar surface area (TPSA) is 74.6 Å². The van der Waals surface area contributed by atoms with E-state index in [1.807, 2.05) is 13.0 Å². The minimum atomic E-state index is -0.872. The summed E-state index contributed by atoms with van der Waals surface area (Å²) < 4.78 is 0. The summed E-state index contributed by atoms with van der Waals surface area (Å²) in [5.41, 5.74) is 3.35. The van der Waals surface area contributed by atoms with Crippen LogP contribution in [-0.4, -0.2) is 27.6 Å². The summed E-state index contributed by atoms with van der Waals surface area (Å²) in [6.07, 6.45) is 12.8. The van der Waals surface area contributed by atoms with Crippen LogP contribution in [0.2, 0.25) is 0 Å². The van der Waals surface area contributed by atoms with E-state index in [9.17, 15) is 14.7 Å². The van der Waals surface area contributed by atoms with Crippen molar-refractivity contribution in [2.45, 2.75) is 83.7 Å². The summed E-state index contributed by atoms with van der Waals surface area (Å²) in [4.78, 5) is 22.5. The van der Waals surface area contributed by atoms with Gasteiger partial charge in [0.25, 0.3) is 0 Å². The van der Waals surface area contributed by atoms with E-state index in [0.29, 0.717) is 19.3 Å². The van der Waals surface area contributed by atoms with Crippen LogP contribution in [0.25, 0.3) is 0 Å². The molecule has 0 spiro atoms. The molecule has 2 atom stereocenters. The van der Waals surface area contributed by atoms with Gasteiger partial charge in [0.05, 0.1) is 12.0 Å². The normalized spacial score (nSPS) is 19.1. The SMILES string of the molecule is CCCCCC(C)(O)CCC1=CCC(=O)[C@@H]1CCC=C=CCC(=O)O. The van der Waals surface area contributed by atoms with Crippen molar-refractivity contribution in [1.29, 1.82) is 0 Å². The summed E-state index contributed by atoms with van der Waals surface area (Å²) in [5.74, 6) is -0.671. The molecule has 0 bridgehead atoms. The van der Waals surface area contributed by atoms with Crippen molar-refractivity contribution in [3.8, 4) is 0 Å². The number of aliphatic hydroxyl groups is 1. The molecular formula is C21H32O4. The van der Waals surface area contributed by atoms with Crippen molar-refractivity contribution in [2.75, 3.05) is 0 Å². The Morgan fingerprint density at radius 1 is 1.36 bits per heavy atom. The lowest BCUT2D eigenvalue weighted by molar-refractivity contribution is -0.136. The molecule has 4 nitrogen and oxygen atoms in total. The lowest BCUT2D eigenvalue weighted by Crippen LogP contribution is -2.24. The van der Waals surface area contributed by atoms with Crippen LogP contribution in [0, 0.1) is 5.92 Å². The van der Waals surface area contributed by atoms with Crippen LogP contribution in [0.3, 0.4) is 0 Å². The molecule has 0 aromatic rings. The predicted octanol–water partition coefficient (Wildman–Crippen LogP) is 4.58. The molecule has 0 aromatic heterocycles. The molecule has 0 fully saturated rings. The second-order valence-corrected chi connectivity index (χ2v) is 7.21. The first-order chi connectivity index (χ1) is 11.9. The summed E-state index contributed by atoms with van der Waals surface area (Å²) in [6.45, 7) is 4.05. The Kier molecular flexibility index (Phi) is 9.48. The highest BCUT2D eigenvalue weighted by atomic mass is 16.4. The zero-order valence-electron chi connectivity index (χ0n) is 15.6. The third-order valence-corrected chi connectivity index (χ3v) is 4.78. The molecule has 0 saturated heterocycles. The first kappa shape index (κ1) is 21.4. The third-order valence-electron chi connectivity index (χ3n) is 4.78. The number of hydrogen-bond donors (Lipinski definition) is 2. The molecule has 0 amide bonds. The van der Waals surface area contributed by atoms with Crippen LogP contribution >= 0.6 is 0 Å². The van der Waals surface area contributed by atoms with E-state index in [-0.39, 0.29) is 18.1 Å². The summed E-state index contributed by atoms with van der Waals surface area (Å²) in [7, 11) is 0. The van der Waals surface area contributed by atoms with Gasteiger partial charge in [-0.15, -0.1) is 5.73 Å². The van der Waals surface area contributed by atoms with E-state index in [1.165, 1.54) is 6.08 Å². The van der Waals surface area contributed by atoms with Gasteiger partial charge in [-0.1, -0.05) is 37.8 Å². The number of Topliss-reactive ketones (excluding diaryl/α,β-unsaturated/α-hetero) is 1. The van der Waals surface area contributed by atoms with Crippen LogP contribution in [0.4, 0.5) is 0 Å². The molecule has 140 valence electrons. The van der Waals surface area contributed by atoms with Crippen molar-refractivity contribution >= 4 is 11.8 Å². The van der Waals surface area contributed by atoms with Crippen molar-refractivity contribution in [2.24, 2.45) is 5.92 Å². The Balaban J connectivity index is 2.44. The van der Waals surface area contributed by atoms with Gasteiger partial charge in [0, 0.05) is 12.3 Å². The maximum absolute atomic E-state index is 12.1. The molecule has 0 aromatic carbocycles. The van der Waals surface area contributed by atoms with Gasteiger partial charge in [0.15, 0.2) is 0 Å². The molecule has 1 aliphatic rings. The Labute approximate surface area is 151 Å². The van der Waals surface area contributed by atoms with E-state index in [2.05, 4.69) is 12.7 Å². The minimum Gasteiger partial charge on any atom is -0.481 e. The Bertz CT molecular complexity index is 536. The van der Waals surface area contributed by atoms with Gasteiger partial charge in [-0.05, 0) is 51.2 Å². The lowest BCUT2D eigenvalue weighted by atomic mass is 9.86. The smallest absolute Gasteiger partial charge is 0.307 e. The first-order valence-electron chi connectivity index (χ1n) is 9.41. The first-order valence-corrected chi connectivity index (χ1v) is 9.41. The van der Waals surface area contributed by atoms with E-state index in [1.54, 1.807) is 6.08 Å². The molecule has 2 N–H and O–H groups in total. The van der Waals surface area contributed by atoms with Gasteiger partial charge in [0.2, 0.25) is 0 Å². The van der Waals surface area contributed by atoms with Crippen LogP contribution in [0.15, 0.2) is 29.5 Å². The number of rotatable bonds is 12. The number of carboxylic acid groups (broad SMARTS) is 1. The van der Waals surface area contributed by atoms with E-state index < -0.39 is 11.6 Å². The highest BCUT2D eigenvalue weighted by Gasteiger charge is 2.28. The molecular weight excluding hydrogens is 316 g/mol. The number of aliphatic carboxylic acids is 1. The van der Waals surface area contributed by atoms with Crippen LogP contribution in [0.5, 0.6) is 0 Å². The van der Waals surface area contributed by atoms with Gasteiger partial charge in [0.1, 0.15) is 5.78 Å². The molecule has 4 heteroatoms. The maximum atomic E-state index is 12.1. The fourth-order valence-corrected chi connectivity index (χ4v) is 3.20. The largest absolute Gasteiger partial charge is 0.481 e. The highest BCUT2D eigenvalue weighted by molar-refractivity contribution is 5.88. The predicted molar refractivity (Wildman–Crippen MR) is 99.3 cm³/mol. The summed E-state index contributed by atoms with van der Waals surface area (Å²) >= 11 is 0. The van der Waals surface area contributed by atoms with Crippen molar-refractivity contribution in [3.63, 3.8) is 0 Å².